The summed E-state index contributed by atoms with van der Waals surface area (Å²) in [5.74, 6) is 0.821. The number of amides is 1. The van der Waals surface area contributed by atoms with Gasteiger partial charge in [0.15, 0.2) is 0 Å². The lowest BCUT2D eigenvalue weighted by molar-refractivity contribution is -0.116. The van der Waals surface area contributed by atoms with Gasteiger partial charge in [0.1, 0.15) is 18.4 Å². The molecule has 0 aliphatic rings. The number of hydrogen-bond donors (Lipinski definition) is 1. The van der Waals surface area contributed by atoms with Gasteiger partial charge < -0.3 is 10.1 Å². The number of carbonyl (C=O) groups excluding carboxylic acids is 1. The van der Waals surface area contributed by atoms with Crippen LogP contribution in [0.5, 0.6) is 5.75 Å². The molecule has 0 spiro atoms. The van der Waals surface area contributed by atoms with E-state index in [1.807, 2.05) is 55.5 Å². The second-order valence-electron chi connectivity index (χ2n) is 6.11. The standard InChI is InChI=1S/C20H22N4O2/c1-16-5-2-8-19(11-16)26-10-4-9-20(25)23-18-7-3-6-17(12-18)13-24-15-21-14-22-24/h2-3,5-8,11-12,14-15H,4,9-10,13H2,1H3,(H,23,25). The molecule has 0 saturated heterocycles. The van der Waals surface area contributed by atoms with Gasteiger partial charge in [-0.2, -0.15) is 5.10 Å². The van der Waals surface area contributed by atoms with Crippen LogP contribution < -0.4 is 10.1 Å². The normalized spacial score (nSPS) is 10.5. The van der Waals surface area contributed by atoms with E-state index < -0.39 is 0 Å². The number of carbonyl (C=O) groups is 1. The van der Waals surface area contributed by atoms with E-state index in [0.29, 0.717) is 26.0 Å². The van der Waals surface area contributed by atoms with Crippen LogP contribution in [-0.4, -0.2) is 27.3 Å². The van der Waals surface area contributed by atoms with E-state index in [4.69, 9.17) is 4.74 Å². The van der Waals surface area contributed by atoms with E-state index in [2.05, 4.69) is 15.4 Å². The lowest BCUT2D eigenvalue weighted by Crippen LogP contribution is -2.13. The quantitative estimate of drug-likeness (QED) is 0.632. The van der Waals surface area contributed by atoms with Crippen molar-refractivity contribution in [2.24, 2.45) is 0 Å². The van der Waals surface area contributed by atoms with Crippen LogP contribution in [0.25, 0.3) is 0 Å². The number of nitrogens with one attached hydrogen (secondary N) is 1. The smallest absolute Gasteiger partial charge is 0.224 e. The Hall–Kier alpha value is -3.15. The van der Waals surface area contributed by atoms with Gasteiger partial charge in [-0.15, -0.1) is 0 Å². The third-order valence-electron chi connectivity index (χ3n) is 3.83. The molecule has 0 saturated carbocycles. The Kier molecular flexibility index (Phi) is 5.98. The first-order valence-electron chi connectivity index (χ1n) is 8.60. The van der Waals surface area contributed by atoms with Crippen molar-refractivity contribution < 1.29 is 9.53 Å². The van der Waals surface area contributed by atoms with Crippen LogP contribution in [0.15, 0.2) is 61.2 Å². The first-order valence-corrected chi connectivity index (χ1v) is 8.60. The zero-order chi connectivity index (χ0) is 18.2. The summed E-state index contributed by atoms with van der Waals surface area (Å²) in [4.78, 5) is 16.0. The van der Waals surface area contributed by atoms with Crippen molar-refractivity contribution in [2.75, 3.05) is 11.9 Å². The zero-order valence-corrected chi connectivity index (χ0v) is 14.8. The molecule has 0 bridgehead atoms. The fraction of sp³-hybridized carbons (Fsp3) is 0.250. The van der Waals surface area contributed by atoms with Crippen molar-refractivity contribution in [1.82, 2.24) is 14.8 Å². The maximum absolute atomic E-state index is 12.1. The summed E-state index contributed by atoms with van der Waals surface area (Å²) in [6.07, 6.45) is 4.25. The summed E-state index contributed by atoms with van der Waals surface area (Å²) < 4.78 is 7.41. The molecule has 6 nitrogen and oxygen atoms in total. The summed E-state index contributed by atoms with van der Waals surface area (Å²) in [7, 11) is 0. The molecule has 0 aliphatic heterocycles. The molecule has 1 N–H and O–H groups in total. The Labute approximate surface area is 152 Å². The SMILES string of the molecule is Cc1cccc(OCCCC(=O)Nc2cccc(Cn3cncn3)c2)c1. The first-order chi connectivity index (χ1) is 12.7. The summed E-state index contributed by atoms with van der Waals surface area (Å²) in [6.45, 7) is 3.16. The minimum atomic E-state index is -0.0178. The van der Waals surface area contributed by atoms with Crippen LogP contribution in [0.2, 0.25) is 0 Å². The van der Waals surface area contributed by atoms with Crippen LogP contribution in [0, 0.1) is 6.92 Å². The molecular weight excluding hydrogens is 328 g/mol. The van der Waals surface area contributed by atoms with Crippen molar-refractivity contribution >= 4 is 11.6 Å². The Bertz CT molecular complexity index is 847. The molecule has 1 heterocycles. The summed E-state index contributed by atoms with van der Waals surface area (Å²) >= 11 is 0. The number of hydrogen-bond acceptors (Lipinski definition) is 4. The van der Waals surface area contributed by atoms with E-state index in [-0.39, 0.29) is 5.91 Å². The van der Waals surface area contributed by atoms with Crippen LogP contribution >= 0.6 is 0 Å². The number of benzene rings is 2. The minimum absolute atomic E-state index is 0.0178. The monoisotopic (exact) mass is 350 g/mol. The Morgan fingerprint density at radius 2 is 2.08 bits per heavy atom. The molecule has 2 aromatic carbocycles. The molecular formula is C20H22N4O2. The fourth-order valence-corrected chi connectivity index (χ4v) is 2.60. The lowest BCUT2D eigenvalue weighted by Gasteiger charge is -2.09. The molecule has 6 heteroatoms. The van der Waals surface area contributed by atoms with Crippen molar-refractivity contribution in [3.05, 3.63) is 72.3 Å². The van der Waals surface area contributed by atoms with E-state index in [9.17, 15) is 4.79 Å². The van der Waals surface area contributed by atoms with Gasteiger partial charge in [-0.3, -0.25) is 4.79 Å². The minimum Gasteiger partial charge on any atom is -0.494 e. The van der Waals surface area contributed by atoms with Gasteiger partial charge in [0.05, 0.1) is 13.2 Å². The second kappa shape index (κ2) is 8.80. The number of aromatic nitrogens is 3. The van der Waals surface area contributed by atoms with Crippen molar-refractivity contribution in [1.29, 1.82) is 0 Å². The number of ether oxygens (including phenoxy) is 1. The Morgan fingerprint density at radius 1 is 1.19 bits per heavy atom. The maximum atomic E-state index is 12.1. The highest BCUT2D eigenvalue weighted by Gasteiger charge is 2.04. The fourth-order valence-electron chi connectivity index (χ4n) is 2.60. The van der Waals surface area contributed by atoms with Gasteiger partial charge in [-0.1, -0.05) is 24.3 Å². The third-order valence-corrected chi connectivity index (χ3v) is 3.83. The van der Waals surface area contributed by atoms with Crippen molar-refractivity contribution in [3.8, 4) is 5.75 Å². The molecule has 0 aliphatic carbocycles. The first kappa shape index (κ1) is 17.7. The molecule has 1 aromatic heterocycles. The van der Waals surface area contributed by atoms with Crippen molar-refractivity contribution in [2.45, 2.75) is 26.3 Å². The van der Waals surface area contributed by atoms with Crippen molar-refractivity contribution in [3.63, 3.8) is 0 Å². The highest BCUT2D eigenvalue weighted by Crippen LogP contribution is 2.14. The molecule has 3 rings (SSSR count). The summed E-state index contributed by atoms with van der Waals surface area (Å²) in [5, 5.41) is 7.02. The molecule has 134 valence electrons. The highest BCUT2D eigenvalue weighted by atomic mass is 16.5. The third kappa shape index (κ3) is 5.44. The van der Waals surface area contributed by atoms with Gasteiger partial charge >= 0.3 is 0 Å². The molecule has 0 atom stereocenters. The van der Waals surface area contributed by atoms with Gasteiger partial charge in [-0.05, 0) is 48.7 Å². The number of anilines is 1. The molecule has 0 unspecified atom stereocenters. The lowest BCUT2D eigenvalue weighted by atomic mass is 10.2. The molecule has 0 radical (unpaired) electrons. The molecule has 26 heavy (non-hydrogen) atoms. The van der Waals surface area contributed by atoms with E-state index in [0.717, 1.165) is 22.6 Å². The Balaban J connectivity index is 1.43. The average Bonchev–Trinajstić information content (AvgIpc) is 3.12. The molecule has 3 aromatic rings. The zero-order valence-electron chi connectivity index (χ0n) is 14.8. The maximum Gasteiger partial charge on any atom is 0.224 e. The van der Waals surface area contributed by atoms with E-state index in [1.165, 1.54) is 6.33 Å². The van der Waals surface area contributed by atoms with E-state index >= 15 is 0 Å². The highest BCUT2D eigenvalue weighted by molar-refractivity contribution is 5.90. The van der Waals surface area contributed by atoms with Gasteiger partial charge in [-0.25, -0.2) is 9.67 Å². The average molecular weight is 350 g/mol. The van der Waals surface area contributed by atoms with Crippen LogP contribution in [0.3, 0.4) is 0 Å². The largest absolute Gasteiger partial charge is 0.494 e. The van der Waals surface area contributed by atoms with Gasteiger partial charge in [0, 0.05) is 12.1 Å². The second-order valence-corrected chi connectivity index (χ2v) is 6.11. The summed E-state index contributed by atoms with van der Waals surface area (Å²) in [5.41, 5.74) is 2.99. The molecule has 0 fully saturated rings. The summed E-state index contributed by atoms with van der Waals surface area (Å²) in [6, 6.07) is 15.6. The van der Waals surface area contributed by atoms with Crippen LogP contribution in [0.4, 0.5) is 5.69 Å². The topological polar surface area (TPSA) is 69.0 Å². The van der Waals surface area contributed by atoms with Crippen LogP contribution in [0.1, 0.15) is 24.0 Å². The van der Waals surface area contributed by atoms with Gasteiger partial charge in [0.25, 0.3) is 0 Å². The predicted molar refractivity (Wildman–Crippen MR) is 100 cm³/mol. The number of aryl methyl sites for hydroxylation is 1. The van der Waals surface area contributed by atoms with E-state index in [1.54, 1.807) is 11.0 Å². The Morgan fingerprint density at radius 3 is 2.88 bits per heavy atom. The molecule has 1 amide bonds. The van der Waals surface area contributed by atoms with Crippen LogP contribution in [-0.2, 0) is 11.3 Å². The predicted octanol–water partition coefficient (Wildman–Crippen LogP) is 3.43. The number of rotatable bonds is 8. The number of nitrogens with zero attached hydrogens (tertiary/aromatic N) is 3. The van der Waals surface area contributed by atoms with Gasteiger partial charge in [0.2, 0.25) is 5.91 Å².